The fourth-order valence-electron chi connectivity index (χ4n) is 4.13. The van der Waals surface area contributed by atoms with Gasteiger partial charge in [0.15, 0.2) is 0 Å². The maximum absolute atomic E-state index is 12.9. The maximum atomic E-state index is 12.9. The van der Waals surface area contributed by atoms with Crippen molar-refractivity contribution in [3.8, 4) is 5.75 Å². The first-order chi connectivity index (χ1) is 14.6. The smallest absolute Gasteiger partial charge is 0.253 e. The number of anilines is 1. The largest absolute Gasteiger partial charge is 0.497 e. The van der Waals surface area contributed by atoms with Crippen LogP contribution in [0.15, 0.2) is 42.5 Å². The van der Waals surface area contributed by atoms with Gasteiger partial charge in [0.1, 0.15) is 5.75 Å². The fraction of sp³-hybridized carbons (Fsp3) is 0.458. The van der Waals surface area contributed by atoms with Gasteiger partial charge in [0.25, 0.3) is 5.91 Å². The molecule has 1 amide bonds. The van der Waals surface area contributed by atoms with Crippen LogP contribution in [0.4, 0.5) is 5.69 Å². The Balaban J connectivity index is 1.25. The van der Waals surface area contributed by atoms with Crippen molar-refractivity contribution in [2.75, 3.05) is 64.9 Å². The van der Waals surface area contributed by atoms with Crippen molar-refractivity contribution in [1.29, 1.82) is 0 Å². The third-order valence-corrected chi connectivity index (χ3v) is 6.13. The molecule has 0 radical (unpaired) electrons. The van der Waals surface area contributed by atoms with Gasteiger partial charge in [0.05, 0.1) is 20.3 Å². The number of hydrogen-bond acceptors (Lipinski definition) is 5. The zero-order chi connectivity index (χ0) is 20.9. The highest BCUT2D eigenvalue weighted by Crippen LogP contribution is 2.21. The molecule has 6 nitrogen and oxygen atoms in total. The molecule has 2 aliphatic rings. The molecule has 1 saturated heterocycles. The van der Waals surface area contributed by atoms with Gasteiger partial charge in [0, 0.05) is 57.6 Å². The average Bonchev–Trinajstić information content (AvgIpc) is 2.82. The molecule has 30 heavy (non-hydrogen) atoms. The van der Waals surface area contributed by atoms with E-state index in [4.69, 9.17) is 9.47 Å². The van der Waals surface area contributed by atoms with Crippen LogP contribution in [0.5, 0.6) is 5.75 Å². The van der Waals surface area contributed by atoms with Crippen LogP contribution in [-0.4, -0.2) is 75.7 Å². The molecule has 0 saturated carbocycles. The highest BCUT2D eigenvalue weighted by molar-refractivity contribution is 5.94. The van der Waals surface area contributed by atoms with Crippen LogP contribution in [0.1, 0.15) is 21.5 Å². The summed E-state index contributed by atoms with van der Waals surface area (Å²) in [5.74, 6) is 0.985. The number of ether oxygens (including phenoxy) is 2. The predicted octanol–water partition coefficient (Wildman–Crippen LogP) is 2.66. The Morgan fingerprint density at radius 1 is 1.07 bits per heavy atom. The number of nitrogens with zero attached hydrogens (tertiary/aromatic N) is 3. The molecule has 0 unspecified atom stereocenters. The van der Waals surface area contributed by atoms with Crippen LogP contribution in [-0.2, 0) is 17.8 Å². The van der Waals surface area contributed by atoms with Crippen molar-refractivity contribution in [2.24, 2.45) is 0 Å². The van der Waals surface area contributed by atoms with Crippen LogP contribution >= 0.6 is 0 Å². The predicted molar refractivity (Wildman–Crippen MR) is 118 cm³/mol. The van der Waals surface area contributed by atoms with E-state index in [1.54, 1.807) is 7.11 Å². The number of benzene rings is 2. The standard InChI is InChI=1S/C24H31N3O3/c1-25(24(28)20-3-4-21-18-30-16-9-19(21)17-20)10-11-26-12-14-27(15-13-26)22-5-7-23(29-2)8-6-22/h3-8,17H,9-16,18H2,1-2H3. The van der Waals surface area contributed by atoms with Crippen molar-refractivity contribution < 1.29 is 14.3 Å². The van der Waals surface area contributed by atoms with E-state index in [9.17, 15) is 4.79 Å². The molecule has 2 aromatic carbocycles. The second-order valence-corrected chi connectivity index (χ2v) is 8.04. The molecule has 2 heterocycles. The minimum atomic E-state index is 0.0983. The highest BCUT2D eigenvalue weighted by Gasteiger charge is 2.20. The Hall–Kier alpha value is -2.57. The molecule has 0 bridgehead atoms. The third-order valence-electron chi connectivity index (χ3n) is 6.13. The molecule has 6 heteroatoms. The van der Waals surface area contributed by atoms with Gasteiger partial charge >= 0.3 is 0 Å². The van der Waals surface area contributed by atoms with Crippen molar-refractivity contribution in [3.63, 3.8) is 0 Å². The summed E-state index contributed by atoms with van der Waals surface area (Å²) in [6, 6.07) is 14.3. The topological polar surface area (TPSA) is 45.2 Å². The molecule has 160 valence electrons. The van der Waals surface area contributed by atoms with Crippen molar-refractivity contribution >= 4 is 11.6 Å². The Morgan fingerprint density at radius 3 is 2.57 bits per heavy atom. The zero-order valence-electron chi connectivity index (χ0n) is 18.0. The lowest BCUT2D eigenvalue weighted by atomic mass is 10.00. The zero-order valence-corrected chi connectivity index (χ0v) is 18.0. The van der Waals surface area contributed by atoms with Gasteiger partial charge in [0.2, 0.25) is 0 Å². The molecule has 2 aromatic rings. The summed E-state index contributed by atoms with van der Waals surface area (Å²) in [6.45, 7) is 7.04. The fourth-order valence-corrected chi connectivity index (χ4v) is 4.13. The average molecular weight is 410 g/mol. The number of methoxy groups -OCH3 is 1. The van der Waals surface area contributed by atoms with E-state index in [0.29, 0.717) is 6.61 Å². The number of likely N-dealkylation sites (N-methyl/N-ethyl adjacent to an activating group) is 1. The summed E-state index contributed by atoms with van der Waals surface area (Å²) in [6.07, 6.45) is 0.888. The molecule has 0 N–H and O–H groups in total. The van der Waals surface area contributed by atoms with E-state index in [1.165, 1.54) is 16.8 Å². The molecule has 2 aliphatic heterocycles. The van der Waals surface area contributed by atoms with Gasteiger partial charge < -0.3 is 19.3 Å². The van der Waals surface area contributed by atoms with E-state index in [0.717, 1.165) is 63.6 Å². The lowest BCUT2D eigenvalue weighted by Crippen LogP contribution is -2.48. The number of rotatable bonds is 6. The number of carbonyl (C=O) groups excluding carboxylic acids is 1. The molecule has 4 rings (SSSR count). The molecule has 0 spiro atoms. The number of fused-ring (bicyclic) bond motifs is 1. The summed E-state index contributed by atoms with van der Waals surface area (Å²) in [4.78, 5) is 19.5. The molecular formula is C24H31N3O3. The second kappa shape index (κ2) is 9.49. The van der Waals surface area contributed by atoms with Gasteiger partial charge in [-0.3, -0.25) is 9.69 Å². The van der Waals surface area contributed by atoms with Gasteiger partial charge in [-0.1, -0.05) is 6.07 Å². The summed E-state index contributed by atoms with van der Waals surface area (Å²) >= 11 is 0. The normalized spacial score (nSPS) is 16.8. The van der Waals surface area contributed by atoms with E-state index < -0.39 is 0 Å². The van der Waals surface area contributed by atoms with Crippen LogP contribution in [0.3, 0.4) is 0 Å². The minimum absolute atomic E-state index is 0.0983. The van der Waals surface area contributed by atoms with E-state index in [1.807, 2.05) is 42.3 Å². The van der Waals surface area contributed by atoms with Gasteiger partial charge in [-0.2, -0.15) is 0 Å². The van der Waals surface area contributed by atoms with Crippen LogP contribution in [0.2, 0.25) is 0 Å². The number of piperazine rings is 1. The highest BCUT2D eigenvalue weighted by atomic mass is 16.5. The summed E-state index contributed by atoms with van der Waals surface area (Å²) in [7, 11) is 3.59. The van der Waals surface area contributed by atoms with Gasteiger partial charge in [-0.05, 0) is 53.9 Å². The van der Waals surface area contributed by atoms with Crippen molar-refractivity contribution in [2.45, 2.75) is 13.0 Å². The summed E-state index contributed by atoms with van der Waals surface area (Å²) in [5.41, 5.74) is 4.47. The van der Waals surface area contributed by atoms with Crippen LogP contribution in [0, 0.1) is 0 Å². The Kier molecular flexibility index (Phi) is 6.55. The monoisotopic (exact) mass is 409 g/mol. The Labute approximate surface area is 179 Å². The lowest BCUT2D eigenvalue weighted by Gasteiger charge is -2.36. The first-order valence-electron chi connectivity index (χ1n) is 10.7. The van der Waals surface area contributed by atoms with E-state index in [2.05, 4.69) is 21.9 Å². The number of amides is 1. The van der Waals surface area contributed by atoms with Gasteiger partial charge in [-0.15, -0.1) is 0 Å². The Bertz CT molecular complexity index is 860. The molecular weight excluding hydrogens is 378 g/mol. The first-order valence-corrected chi connectivity index (χ1v) is 10.7. The first kappa shape index (κ1) is 20.7. The molecule has 1 fully saturated rings. The van der Waals surface area contributed by atoms with Gasteiger partial charge in [-0.25, -0.2) is 0 Å². The lowest BCUT2D eigenvalue weighted by molar-refractivity contribution is 0.0775. The summed E-state index contributed by atoms with van der Waals surface area (Å²) < 4.78 is 10.7. The Morgan fingerprint density at radius 2 is 1.83 bits per heavy atom. The molecule has 0 aliphatic carbocycles. The molecule has 0 aromatic heterocycles. The third kappa shape index (κ3) is 4.77. The second-order valence-electron chi connectivity index (χ2n) is 8.04. The van der Waals surface area contributed by atoms with E-state index in [-0.39, 0.29) is 5.91 Å². The summed E-state index contributed by atoms with van der Waals surface area (Å²) in [5, 5.41) is 0. The quantitative estimate of drug-likeness (QED) is 0.734. The van der Waals surface area contributed by atoms with E-state index >= 15 is 0 Å². The maximum Gasteiger partial charge on any atom is 0.253 e. The number of hydrogen-bond donors (Lipinski definition) is 0. The van der Waals surface area contributed by atoms with Crippen LogP contribution < -0.4 is 9.64 Å². The van der Waals surface area contributed by atoms with Crippen molar-refractivity contribution in [3.05, 3.63) is 59.2 Å². The molecule has 0 atom stereocenters. The van der Waals surface area contributed by atoms with Crippen molar-refractivity contribution in [1.82, 2.24) is 9.80 Å². The SMILES string of the molecule is COc1ccc(N2CCN(CCN(C)C(=O)c3ccc4c(c3)CCOC4)CC2)cc1. The van der Waals surface area contributed by atoms with Crippen LogP contribution in [0.25, 0.3) is 0 Å². The minimum Gasteiger partial charge on any atom is -0.497 e. The number of carbonyl (C=O) groups is 1.